The Morgan fingerprint density at radius 2 is 1.73 bits per heavy atom. The Balaban J connectivity index is 1.49. The summed E-state index contributed by atoms with van der Waals surface area (Å²) in [5, 5.41) is 3.29. The zero-order valence-electron chi connectivity index (χ0n) is 28.3. The van der Waals surface area contributed by atoms with Crippen LogP contribution in [0.2, 0.25) is 0 Å². The number of halogens is 4. The summed E-state index contributed by atoms with van der Waals surface area (Å²) in [6.07, 6.45) is -1.84. The van der Waals surface area contributed by atoms with Gasteiger partial charge in [0.2, 0.25) is 5.88 Å². The van der Waals surface area contributed by atoms with E-state index in [1.807, 2.05) is 0 Å². The molecular formula is C34H37F4N5O8S. The second-order valence-corrected chi connectivity index (χ2v) is 14.0. The molecule has 1 unspecified atom stereocenters. The third kappa shape index (κ3) is 6.81. The molecule has 0 radical (unpaired) electrons. The van der Waals surface area contributed by atoms with E-state index in [2.05, 4.69) is 15.2 Å². The molecule has 2 fully saturated rings. The van der Waals surface area contributed by atoms with Crippen LogP contribution in [0.5, 0.6) is 17.4 Å². The first-order valence-electron chi connectivity index (χ1n) is 16.6. The van der Waals surface area contributed by atoms with Crippen molar-refractivity contribution in [1.82, 2.24) is 20.1 Å². The van der Waals surface area contributed by atoms with E-state index in [0.717, 1.165) is 44.5 Å². The molecular weight excluding hydrogens is 714 g/mol. The van der Waals surface area contributed by atoms with Gasteiger partial charge in [-0.1, -0.05) is 0 Å². The number of amides is 2. The van der Waals surface area contributed by atoms with Gasteiger partial charge in [-0.15, -0.1) is 0 Å². The van der Waals surface area contributed by atoms with E-state index in [4.69, 9.17) is 18.9 Å². The first-order chi connectivity index (χ1) is 24.9. The maximum atomic E-state index is 15.2. The van der Waals surface area contributed by atoms with Gasteiger partial charge < -0.3 is 29.2 Å². The summed E-state index contributed by atoms with van der Waals surface area (Å²) in [5.74, 6) is -5.20. The van der Waals surface area contributed by atoms with Crippen LogP contribution in [0, 0.1) is 11.6 Å². The number of hydrogen-bond donors (Lipinski definition) is 1. The average molecular weight is 752 g/mol. The van der Waals surface area contributed by atoms with E-state index in [1.54, 1.807) is 6.92 Å². The van der Waals surface area contributed by atoms with Crippen molar-refractivity contribution in [2.75, 3.05) is 63.9 Å². The molecule has 0 aliphatic carbocycles. The summed E-state index contributed by atoms with van der Waals surface area (Å²) in [5.41, 5.74) is -4.70. The van der Waals surface area contributed by atoms with Crippen molar-refractivity contribution in [3.63, 3.8) is 0 Å². The molecule has 6 rings (SSSR count). The molecule has 3 aliphatic rings. The number of ether oxygens (including phenoxy) is 4. The van der Waals surface area contributed by atoms with Crippen molar-refractivity contribution in [2.24, 2.45) is 0 Å². The lowest BCUT2D eigenvalue weighted by Gasteiger charge is -2.40. The van der Waals surface area contributed by atoms with Crippen molar-refractivity contribution < 1.29 is 54.5 Å². The summed E-state index contributed by atoms with van der Waals surface area (Å²) >= 11 is 0. The van der Waals surface area contributed by atoms with Crippen molar-refractivity contribution >= 4 is 27.7 Å². The number of benzene rings is 2. The molecule has 1 aromatic heterocycles. The Morgan fingerprint density at radius 3 is 2.40 bits per heavy atom. The van der Waals surface area contributed by atoms with Crippen molar-refractivity contribution in [1.29, 1.82) is 0 Å². The van der Waals surface area contributed by atoms with Crippen molar-refractivity contribution in [3.8, 4) is 17.4 Å². The monoisotopic (exact) mass is 751 g/mol. The SMILES string of the molecule is CCOc1cc(OC)ccc1S(=O)(=O)N1C(=O)C(OC(=O)N2CCC(N3CCNCC3)CC2)(c2cccnc2OCC(F)F)c2cc(F)c(F)cc21. The molecule has 13 nitrogen and oxygen atoms in total. The fraction of sp³-hybridized carbons (Fsp3) is 0.441. The summed E-state index contributed by atoms with van der Waals surface area (Å²) in [6.45, 7) is 4.07. The second-order valence-electron chi connectivity index (χ2n) is 12.2. The van der Waals surface area contributed by atoms with Crippen LogP contribution in [0.1, 0.15) is 30.9 Å². The first-order valence-corrected chi connectivity index (χ1v) is 18.1. The standard InChI is InChI=1S/C34H37F4N5O8S/c1-3-49-28-17-22(48-2)6-7-29(28)52(46,47)43-27-19-26(36)25(35)18-24(27)34(32(43)44,23-5-4-10-40-31(23)50-20-30(37)38)51-33(45)42-13-8-21(9-14-42)41-15-11-39-12-16-41/h4-7,10,17-19,21,30,39H,3,8-9,11-16,20H2,1-2H3. The predicted molar refractivity (Wildman–Crippen MR) is 177 cm³/mol. The number of carbonyl (C=O) groups is 2. The zero-order chi connectivity index (χ0) is 37.2. The maximum absolute atomic E-state index is 15.2. The number of sulfonamides is 1. The molecule has 52 heavy (non-hydrogen) atoms. The number of piperazine rings is 1. The predicted octanol–water partition coefficient (Wildman–Crippen LogP) is 3.90. The molecule has 1 atom stereocenters. The smallest absolute Gasteiger partial charge is 0.411 e. The van der Waals surface area contributed by atoms with Gasteiger partial charge >= 0.3 is 6.09 Å². The van der Waals surface area contributed by atoms with Gasteiger partial charge in [0.25, 0.3) is 28.0 Å². The third-order valence-electron chi connectivity index (χ3n) is 9.22. The summed E-state index contributed by atoms with van der Waals surface area (Å²) in [6, 6.07) is 7.24. The zero-order valence-corrected chi connectivity index (χ0v) is 29.1. The molecule has 4 heterocycles. The Labute approximate surface area is 297 Å². The topological polar surface area (TPSA) is 140 Å². The van der Waals surface area contributed by atoms with E-state index in [1.165, 1.54) is 30.2 Å². The largest absolute Gasteiger partial charge is 0.497 e. The number of carbonyl (C=O) groups excluding carboxylic acids is 2. The number of likely N-dealkylation sites (tertiary alicyclic amines) is 1. The fourth-order valence-corrected chi connectivity index (χ4v) is 8.34. The number of nitrogens with one attached hydrogen (secondary N) is 1. The number of fused-ring (bicyclic) bond motifs is 1. The molecule has 3 aliphatic heterocycles. The molecule has 1 N–H and O–H groups in total. The maximum Gasteiger partial charge on any atom is 0.411 e. The van der Waals surface area contributed by atoms with Crippen LogP contribution in [0.3, 0.4) is 0 Å². The van der Waals surface area contributed by atoms with E-state index in [9.17, 15) is 26.8 Å². The van der Waals surface area contributed by atoms with Gasteiger partial charge in [0.05, 0.1) is 25.0 Å². The highest BCUT2D eigenvalue weighted by molar-refractivity contribution is 7.93. The van der Waals surface area contributed by atoms with Crippen LogP contribution in [0.15, 0.2) is 53.6 Å². The van der Waals surface area contributed by atoms with E-state index >= 15 is 8.78 Å². The van der Waals surface area contributed by atoms with Gasteiger partial charge in [-0.3, -0.25) is 9.69 Å². The summed E-state index contributed by atoms with van der Waals surface area (Å²) < 4.78 is 108. The number of alkyl halides is 2. The molecule has 0 spiro atoms. The average Bonchev–Trinajstić information content (AvgIpc) is 3.38. The van der Waals surface area contributed by atoms with E-state index in [-0.39, 0.29) is 41.5 Å². The highest BCUT2D eigenvalue weighted by Gasteiger charge is 2.62. The third-order valence-corrected chi connectivity index (χ3v) is 11.0. The molecule has 2 saturated heterocycles. The lowest BCUT2D eigenvalue weighted by Crippen LogP contribution is -2.54. The van der Waals surface area contributed by atoms with Gasteiger partial charge in [-0.25, -0.2) is 35.8 Å². The highest BCUT2D eigenvalue weighted by atomic mass is 32.2. The molecule has 0 saturated carbocycles. The van der Waals surface area contributed by atoms with E-state index < -0.39 is 79.9 Å². The van der Waals surface area contributed by atoms with Crippen LogP contribution in [0.25, 0.3) is 0 Å². The van der Waals surface area contributed by atoms with Crippen LogP contribution in [-0.4, -0.2) is 107 Å². The van der Waals surface area contributed by atoms with Crippen LogP contribution in [-0.2, 0) is 25.2 Å². The van der Waals surface area contributed by atoms with Gasteiger partial charge in [0, 0.05) is 69.2 Å². The number of nitrogens with zero attached hydrogens (tertiary/aromatic N) is 4. The Bertz CT molecular complexity index is 1930. The van der Waals surface area contributed by atoms with Gasteiger partial charge in [-0.2, -0.15) is 4.31 Å². The van der Waals surface area contributed by atoms with Crippen LogP contribution in [0.4, 0.5) is 28.0 Å². The molecule has 280 valence electrons. The Hall–Kier alpha value is -4.68. The Morgan fingerprint density at radius 1 is 1.02 bits per heavy atom. The van der Waals surface area contributed by atoms with E-state index in [0.29, 0.717) is 25.0 Å². The molecule has 3 aromatic rings. The second kappa shape index (κ2) is 15.1. The number of pyridine rings is 1. The van der Waals surface area contributed by atoms with Crippen molar-refractivity contribution in [3.05, 3.63) is 71.4 Å². The van der Waals surface area contributed by atoms with Gasteiger partial charge in [0.15, 0.2) is 18.2 Å². The number of rotatable bonds is 11. The van der Waals surface area contributed by atoms with Crippen molar-refractivity contribution in [2.45, 2.75) is 42.7 Å². The summed E-state index contributed by atoms with van der Waals surface area (Å²) in [4.78, 5) is 36.1. The quantitative estimate of drug-likeness (QED) is 0.286. The molecule has 0 bridgehead atoms. The number of hydrogen-bond acceptors (Lipinski definition) is 11. The van der Waals surface area contributed by atoms with Crippen LogP contribution >= 0.6 is 0 Å². The number of aromatic nitrogens is 1. The minimum atomic E-state index is -5.09. The number of anilines is 1. The molecule has 2 aromatic carbocycles. The van der Waals surface area contributed by atoms with Crippen LogP contribution < -0.4 is 23.8 Å². The molecule has 18 heteroatoms. The molecule has 2 amide bonds. The fourth-order valence-electron chi connectivity index (χ4n) is 6.77. The normalized spacial score (nSPS) is 19.9. The lowest BCUT2D eigenvalue weighted by molar-refractivity contribution is -0.132. The Kier molecular flexibility index (Phi) is 10.8. The number of methoxy groups -OCH3 is 1. The van der Waals surface area contributed by atoms with Gasteiger partial charge in [0.1, 0.15) is 16.4 Å². The highest BCUT2D eigenvalue weighted by Crippen LogP contribution is 2.52. The lowest BCUT2D eigenvalue weighted by atomic mass is 9.87. The minimum Gasteiger partial charge on any atom is -0.497 e. The summed E-state index contributed by atoms with van der Waals surface area (Å²) in [7, 11) is -3.75. The minimum absolute atomic E-state index is 0.00648. The first kappa shape index (κ1) is 37.1. The number of piperidine rings is 1. The van der Waals surface area contributed by atoms with Gasteiger partial charge in [-0.05, 0) is 50.1 Å².